The van der Waals surface area contributed by atoms with Gasteiger partial charge >= 0.3 is 0 Å². The molecule has 2 aliphatic rings. The summed E-state index contributed by atoms with van der Waals surface area (Å²) in [5.74, 6) is -0.720. The van der Waals surface area contributed by atoms with Crippen LogP contribution in [0.2, 0.25) is 0 Å². The van der Waals surface area contributed by atoms with Gasteiger partial charge in [-0.25, -0.2) is 8.42 Å². The Morgan fingerprint density at radius 3 is 2.33 bits per heavy atom. The standard InChI is InChI=1S/C28H40N6O4S/c1-32(23-12-9-17-34(20-23)28(29)30)26(35)19-25(27(36)33-15-7-3-2-4-8-16-33)31-39(37,38)24-14-13-21-10-5-6-11-22(21)18-24/h5-6,10-11,13-14,18,23,25,31H,2-4,7-9,12,15-17,19-20H2,1H3,(H3,29,30). The van der Waals surface area contributed by atoms with Crippen LogP contribution >= 0.6 is 0 Å². The number of carbonyl (C=O) groups is 2. The van der Waals surface area contributed by atoms with Gasteiger partial charge in [0.1, 0.15) is 6.04 Å². The van der Waals surface area contributed by atoms with Gasteiger partial charge in [0.05, 0.1) is 11.3 Å². The highest BCUT2D eigenvalue weighted by atomic mass is 32.2. The zero-order valence-electron chi connectivity index (χ0n) is 22.6. The van der Waals surface area contributed by atoms with Crippen LogP contribution in [0.5, 0.6) is 0 Å². The summed E-state index contributed by atoms with van der Waals surface area (Å²) in [5, 5.41) is 9.43. The fraction of sp³-hybridized carbons (Fsp3) is 0.536. The summed E-state index contributed by atoms with van der Waals surface area (Å²) in [6.07, 6.45) is 6.13. The molecule has 0 saturated carbocycles. The number of nitrogens with one attached hydrogen (secondary N) is 2. The number of likely N-dealkylation sites (N-methyl/N-ethyl adjacent to an activating group) is 1. The number of nitrogens with zero attached hydrogens (tertiary/aromatic N) is 3. The van der Waals surface area contributed by atoms with Crippen molar-refractivity contribution in [2.45, 2.75) is 68.3 Å². The Hall–Kier alpha value is -3.18. The Balaban J connectivity index is 1.56. The third kappa shape index (κ3) is 7.27. The van der Waals surface area contributed by atoms with Gasteiger partial charge in [-0.2, -0.15) is 4.72 Å². The van der Waals surface area contributed by atoms with E-state index in [0.29, 0.717) is 26.2 Å². The fourth-order valence-electron chi connectivity index (χ4n) is 5.47. The first-order valence-electron chi connectivity index (χ1n) is 13.8. The van der Waals surface area contributed by atoms with Crippen LogP contribution in [0, 0.1) is 5.41 Å². The number of amides is 2. The van der Waals surface area contributed by atoms with Crippen LogP contribution in [0.3, 0.4) is 0 Å². The number of fused-ring (bicyclic) bond motifs is 1. The summed E-state index contributed by atoms with van der Waals surface area (Å²) >= 11 is 0. The van der Waals surface area contributed by atoms with E-state index in [1.165, 1.54) is 6.07 Å². The molecule has 0 spiro atoms. The van der Waals surface area contributed by atoms with Crippen LogP contribution in [0.15, 0.2) is 47.4 Å². The zero-order chi connectivity index (χ0) is 28.0. The summed E-state index contributed by atoms with van der Waals surface area (Å²) < 4.78 is 29.6. The average molecular weight is 557 g/mol. The molecule has 2 atom stereocenters. The van der Waals surface area contributed by atoms with E-state index >= 15 is 0 Å². The quantitative estimate of drug-likeness (QED) is 0.354. The fourth-order valence-corrected chi connectivity index (χ4v) is 6.69. The molecular formula is C28H40N6O4S. The van der Waals surface area contributed by atoms with Gasteiger partial charge in [0.2, 0.25) is 21.8 Å². The molecule has 2 amide bonds. The van der Waals surface area contributed by atoms with Crippen molar-refractivity contribution >= 4 is 38.6 Å². The molecule has 0 bridgehead atoms. The van der Waals surface area contributed by atoms with Crippen LogP contribution in [-0.2, 0) is 19.6 Å². The van der Waals surface area contributed by atoms with Crippen molar-refractivity contribution in [2.75, 3.05) is 33.2 Å². The summed E-state index contributed by atoms with van der Waals surface area (Å²) in [6.45, 7) is 2.20. The number of hydrogen-bond acceptors (Lipinski definition) is 5. The topological polar surface area (TPSA) is 140 Å². The molecule has 4 rings (SSSR count). The van der Waals surface area contributed by atoms with Gasteiger partial charge in [0, 0.05) is 39.3 Å². The van der Waals surface area contributed by atoms with E-state index in [1.54, 1.807) is 33.9 Å². The molecule has 10 nitrogen and oxygen atoms in total. The van der Waals surface area contributed by atoms with Crippen molar-refractivity contribution in [3.63, 3.8) is 0 Å². The first-order valence-corrected chi connectivity index (χ1v) is 15.3. The van der Waals surface area contributed by atoms with E-state index in [4.69, 9.17) is 11.1 Å². The second kappa shape index (κ2) is 12.8. The Kier molecular flexibility index (Phi) is 9.45. The Bertz CT molecular complexity index is 1290. The summed E-state index contributed by atoms with van der Waals surface area (Å²) in [4.78, 5) is 32.3. The van der Waals surface area contributed by atoms with Crippen LogP contribution in [0.4, 0.5) is 0 Å². The lowest BCUT2D eigenvalue weighted by Crippen LogP contribution is -2.54. The van der Waals surface area contributed by atoms with E-state index in [-0.39, 0.29) is 35.1 Å². The summed E-state index contributed by atoms with van der Waals surface area (Å²) in [5.41, 5.74) is 5.67. The van der Waals surface area contributed by atoms with E-state index in [2.05, 4.69) is 4.72 Å². The molecule has 2 fully saturated rings. The predicted octanol–water partition coefficient (Wildman–Crippen LogP) is 2.49. The molecule has 212 valence electrons. The first-order chi connectivity index (χ1) is 18.7. The van der Waals surface area contributed by atoms with E-state index in [0.717, 1.165) is 55.7 Å². The van der Waals surface area contributed by atoms with Crippen molar-refractivity contribution in [1.82, 2.24) is 19.4 Å². The first kappa shape index (κ1) is 28.8. The Morgan fingerprint density at radius 1 is 1.00 bits per heavy atom. The van der Waals surface area contributed by atoms with Crippen LogP contribution in [0.1, 0.15) is 51.4 Å². The number of likely N-dealkylation sites (tertiary alicyclic amines) is 2. The molecular weight excluding hydrogens is 516 g/mol. The van der Waals surface area contributed by atoms with Crippen molar-refractivity contribution < 1.29 is 18.0 Å². The smallest absolute Gasteiger partial charge is 0.241 e. The number of rotatable bonds is 7. The highest BCUT2D eigenvalue weighted by Gasteiger charge is 2.34. The maximum atomic E-state index is 13.7. The molecule has 2 saturated heterocycles. The largest absolute Gasteiger partial charge is 0.370 e. The molecule has 2 unspecified atom stereocenters. The maximum Gasteiger partial charge on any atom is 0.241 e. The minimum absolute atomic E-state index is 0.0335. The number of hydrogen-bond donors (Lipinski definition) is 3. The third-order valence-corrected chi connectivity index (χ3v) is 9.32. The molecule has 0 radical (unpaired) electrons. The van der Waals surface area contributed by atoms with Crippen LogP contribution in [-0.4, -0.2) is 86.2 Å². The number of guanidine groups is 1. The third-order valence-electron chi connectivity index (χ3n) is 7.85. The molecule has 4 N–H and O–H groups in total. The molecule has 0 aromatic heterocycles. The average Bonchev–Trinajstić information content (AvgIpc) is 2.91. The van der Waals surface area contributed by atoms with E-state index < -0.39 is 16.1 Å². The van der Waals surface area contributed by atoms with E-state index in [1.807, 2.05) is 24.3 Å². The minimum atomic E-state index is -4.09. The molecule has 2 aromatic rings. The SMILES string of the molecule is CN(C(=O)CC(NS(=O)(=O)c1ccc2ccccc2c1)C(=O)N1CCCCCCC1)C1CCCN(C(=N)N)C1. The highest BCUT2D eigenvalue weighted by molar-refractivity contribution is 7.89. The molecule has 2 aliphatic heterocycles. The van der Waals surface area contributed by atoms with Gasteiger partial charge in [-0.3, -0.25) is 15.0 Å². The predicted molar refractivity (Wildman–Crippen MR) is 152 cm³/mol. The van der Waals surface area contributed by atoms with Gasteiger partial charge in [0.25, 0.3) is 0 Å². The van der Waals surface area contributed by atoms with Crippen molar-refractivity contribution in [1.29, 1.82) is 5.41 Å². The van der Waals surface area contributed by atoms with Gasteiger partial charge < -0.3 is 20.4 Å². The maximum absolute atomic E-state index is 13.7. The Morgan fingerprint density at radius 2 is 1.64 bits per heavy atom. The molecule has 2 aromatic carbocycles. The lowest BCUT2D eigenvalue weighted by Gasteiger charge is -2.38. The monoisotopic (exact) mass is 556 g/mol. The molecule has 11 heteroatoms. The zero-order valence-corrected chi connectivity index (χ0v) is 23.5. The van der Waals surface area contributed by atoms with Gasteiger partial charge in [-0.05, 0) is 48.6 Å². The summed E-state index contributed by atoms with van der Waals surface area (Å²) in [6, 6.07) is 10.9. The molecule has 0 aliphatic carbocycles. The number of piperidine rings is 1. The van der Waals surface area contributed by atoms with E-state index in [9.17, 15) is 18.0 Å². The number of carbonyl (C=O) groups excluding carboxylic acids is 2. The number of sulfonamides is 1. The Labute approximate surface area is 231 Å². The number of benzene rings is 2. The normalized spacial score (nSPS) is 19.7. The molecule has 2 heterocycles. The van der Waals surface area contributed by atoms with Crippen molar-refractivity contribution in [2.24, 2.45) is 5.73 Å². The minimum Gasteiger partial charge on any atom is -0.370 e. The van der Waals surface area contributed by atoms with Crippen LogP contribution < -0.4 is 10.5 Å². The second-order valence-corrected chi connectivity index (χ2v) is 12.3. The van der Waals surface area contributed by atoms with Crippen LogP contribution in [0.25, 0.3) is 10.8 Å². The van der Waals surface area contributed by atoms with Gasteiger partial charge in [0.15, 0.2) is 5.96 Å². The molecule has 39 heavy (non-hydrogen) atoms. The lowest BCUT2D eigenvalue weighted by atomic mass is 10.0. The van der Waals surface area contributed by atoms with Gasteiger partial charge in [-0.15, -0.1) is 0 Å². The number of nitrogens with two attached hydrogens (primary N) is 1. The van der Waals surface area contributed by atoms with Crippen molar-refractivity contribution in [3.8, 4) is 0 Å². The van der Waals surface area contributed by atoms with Gasteiger partial charge in [-0.1, -0.05) is 49.6 Å². The second-order valence-electron chi connectivity index (χ2n) is 10.6. The lowest BCUT2D eigenvalue weighted by molar-refractivity contribution is -0.139. The van der Waals surface area contributed by atoms with Crippen molar-refractivity contribution in [3.05, 3.63) is 42.5 Å². The summed E-state index contributed by atoms with van der Waals surface area (Å²) in [7, 11) is -2.42. The highest BCUT2D eigenvalue weighted by Crippen LogP contribution is 2.21.